The van der Waals surface area contributed by atoms with Crippen molar-refractivity contribution < 1.29 is 9.21 Å². The molecule has 0 bridgehead atoms. The van der Waals surface area contributed by atoms with Gasteiger partial charge in [-0.05, 0) is 56.0 Å². The fourth-order valence-corrected chi connectivity index (χ4v) is 4.17. The van der Waals surface area contributed by atoms with Crippen LogP contribution >= 0.6 is 0 Å². The van der Waals surface area contributed by atoms with E-state index in [4.69, 9.17) is 10.2 Å². The normalized spacial score (nSPS) is 23.4. The minimum absolute atomic E-state index is 0.122. The summed E-state index contributed by atoms with van der Waals surface area (Å²) in [5, 5.41) is 3.65. The summed E-state index contributed by atoms with van der Waals surface area (Å²) in [7, 11) is 0. The third kappa shape index (κ3) is 3.42. The number of rotatable bonds is 5. The molecule has 1 fully saturated rings. The average molecular weight is 339 g/mol. The van der Waals surface area contributed by atoms with Crippen LogP contribution in [0.25, 0.3) is 0 Å². The Labute approximate surface area is 148 Å². The second-order valence-corrected chi connectivity index (χ2v) is 7.12. The van der Waals surface area contributed by atoms with Gasteiger partial charge in [-0.2, -0.15) is 0 Å². The van der Waals surface area contributed by atoms with Gasteiger partial charge in [0.05, 0.1) is 18.3 Å². The van der Waals surface area contributed by atoms with Gasteiger partial charge in [0.15, 0.2) is 0 Å². The number of anilines is 1. The van der Waals surface area contributed by atoms with E-state index in [1.54, 1.807) is 6.26 Å². The Balaban J connectivity index is 1.46. The molecule has 3 N–H and O–H groups in total. The van der Waals surface area contributed by atoms with Crippen molar-refractivity contribution in [1.82, 2.24) is 4.90 Å². The number of furan rings is 1. The van der Waals surface area contributed by atoms with Crippen LogP contribution in [0.5, 0.6) is 0 Å². The van der Waals surface area contributed by atoms with Gasteiger partial charge in [-0.25, -0.2) is 0 Å². The number of nitrogens with one attached hydrogen (secondary N) is 1. The molecule has 2 aromatic rings. The highest BCUT2D eigenvalue weighted by Crippen LogP contribution is 2.33. The van der Waals surface area contributed by atoms with E-state index < -0.39 is 0 Å². The lowest BCUT2D eigenvalue weighted by Gasteiger charge is -2.25. The van der Waals surface area contributed by atoms with E-state index in [1.807, 2.05) is 0 Å². The standard InChI is InChI=1S/C20H25N3O2/c21-20(24)18-7-3-10-23(18)13-14-4-1-5-15(12-14)22-17-6-2-8-19-16(17)9-11-25-19/h1,4-5,9,11-12,17-18,22H,2-3,6-8,10,13H2,(H2,21,24)/t17-,18+/m1/s1. The van der Waals surface area contributed by atoms with Gasteiger partial charge in [0.1, 0.15) is 5.76 Å². The second-order valence-electron chi connectivity index (χ2n) is 7.12. The predicted molar refractivity (Wildman–Crippen MR) is 97.1 cm³/mol. The number of carbonyl (C=O) groups is 1. The number of hydrogen-bond acceptors (Lipinski definition) is 4. The first-order valence-electron chi connectivity index (χ1n) is 9.16. The van der Waals surface area contributed by atoms with Crippen molar-refractivity contribution in [3.63, 3.8) is 0 Å². The fourth-order valence-electron chi connectivity index (χ4n) is 4.17. The molecule has 1 aromatic carbocycles. The first-order valence-corrected chi connectivity index (χ1v) is 9.16. The average Bonchev–Trinajstić information content (AvgIpc) is 3.24. The van der Waals surface area contributed by atoms with E-state index in [2.05, 4.69) is 40.5 Å². The van der Waals surface area contributed by atoms with E-state index in [1.165, 1.54) is 11.1 Å². The summed E-state index contributed by atoms with van der Waals surface area (Å²) >= 11 is 0. The van der Waals surface area contributed by atoms with Gasteiger partial charge in [-0.1, -0.05) is 12.1 Å². The minimum atomic E-state index is -0.207. The number of primary amides is 1. The first kappa shape index (κ1) is 16.2. The molecule has 1 aliphatic heterocycles. The highest BCUT2D eigenvalue weighted by Gasteiger charge is 2.29. The number of nitrogens with two attached hydrogens (primary N) is 1. The third-order valence-corrected chi connectivity index (χ3v) is 5.40. The molecule has 2 aliphatic rings. The molecule has 1 aliphatic carbocycles. The number of hydrogen-bond donors (Lipinski definition) is 2. The highest BCUT2D eigenvalue weighted by atomic mass is 16.3. The molecule has 132 valence electrons. The molecule has 1 amide bonds. The van der Waals surface area contributed by atoms with Gasteiger partial charge >= 0.3 is 0 Å². The molecular weight excluding hydrogens is 314 g/mol. The summed E-state index contributed by atoms with van der Waals surface area (Å²) < 4.78 is 5.58. The van der Waals surface area contributed by atoms with Crippen molar-refractivity contribution in [2.24, 2.45) is 5.73 Å². The summed E-state index contributed by atoms with van der Waals surface area (Å²) in [6.45, 7) is 1.71. The zero-order valence-electron chi connectivity index (χ0n) is 14.4. The Kier molecular flexibility index (Phi) is 4.49. The van der Waals surface area contributed by atoms with Crippen molar-refractivity contribution in [1.29, 1.82) is 0 Å². The smallest absolute Gasteiger partial charge is 0.234 e. The molecule has 2 heterocycles. The Bertz CT molecular complexity index is 755. The van der Waals surface area contributed by atoms with Crippen molar-refractivity contribution >= 4 is 11.6 Å². The molecule has 5 heteroatoms. The zero-order chi connectivity index (χ0) is 17.2. The molecule has 0 unspecified atom stereocenters. The zero-order valence-corrected chi connectivity index (χ0v) is 14.4. The van der Waals surface area contributed by atoms with Crippen molar-refractivity contribution in [3.8, 4) is 0 Å². The lowest BCUT2D eigenvalue weighted by Crippen LogP contribution is -2.39. The second kappa shape index (κ2) is 6.92. The fraction of sp³-hybridized carbons (Fsp3) is 0.450. The van der Waals surface area contributed by atoms with Gasteiger partial charge in [0.2, 0.25) is 5.91 Å². The van der Waals surface area contributed by atoms with Crippen LogP contribution in [0.4, 0.5) is 5.69 Å². The third-order valence-electron chi connectivity index (χ3n) is 5.40. The number of likely N-dealkylation sites (tertiary alicyclic amines) is 1. The minimum Gasteiger partial charge on any atom is -0.469 e. The Hall–Kier alpha value is -2.27. The van der Waals surface area contributed by atoms with Crippen LogP contribution in [-0.2, 0) is 17.8 Å². The van der Waals surface area contributed by atoms with E-state index >= 15 is 0 Å². The van der Waals surface area contributed by atoms with Crippen LogP contribution in [0, 0.1) is 0 Å². The van der Waals surface area contributed by atoms with E-state index in [9.17, 15) is 4.79 Å². The summed E-state index contributed by atoms with van der Waals surface area (Å²) in [5.74, 6) is 0.905. The van der Waals surface area contributed by atoms with Crippen molar-refractivity contribution in [2.75, 3.05) is 11.9 Å². The number of amides is 1. The van der Waals surface area contributed by atoms with Crippen molar-refractivity contribution in [2.45, 2.75) is 50.7 Å². The molecule has 0 radical (unpaired) electrons. The summed E-state index contributed by atoms with van der Waals surface area (Å²) in [4.78, 5) is 13.8. The lowest BCUT2D eigenvalue weighted by molar-refractivity contribution is -0.122. The van der Waals surface area contributed by atoms with E-state index in [0.29, 0.717) is 6.04 Å². The van der Waals surface area contributed by atoms with Crippen LogP contribution in [0.3, 0.4) is 0 Å². The summed E-state index contributed by atoms with van der Waals surface area (Å²) in [6.07, 6.45) is 7.00. The first-order chi connectivity index (χ1) is 12.2. The number of nitrogens with zero attached hydrogens (tertiary/aromatic N) is 1. The molecule has 0 saturated carbocycles. The number of fused-ring (bicyclic) bond motifs is 1. The Morgan fingerprint density at radius 2 is 2.20 bits per heavy atom. The van der Waals surface area contributed by atoms with Crippen LogP contribution in [0.2, 0.25) is 0 Å². The quantitative estimate of drug-likeness (QED) is 0.877. The SMILES string of the molecule is NC(=O)[C@@H]1CCCN1Cc1cccc(N[C@@H]2CCCc3occc32)c1. The van der Waals surface area contributed by atoms with Gasteiger partial charge in [0, 0.05) is 24.2 Å². The topological polar surface area (TPSA) is 71.5 Å². The number of aryl methyl sites for hydroxylation is 1. The van der Waals surface area contributed by atoms with Gasteiger partial charge in [0.25, 0.3) is 0 Å². The maximum absolute atomic E-state index is 11.6. The van der Waals surface area contributed by atoms with Crippen LogP contribution < -0.4 is 11.1 Å². The van der Waals surface area contributed by atoms with Gasteiger partial charge < -0.3 is 15.5 Å². The Morgan fingerprint density at radius 3 is 3.08 bits per heavy atom. The van der Waals surface area contributed by atoms with E-state index in [0.717, 1.165) is 56.6 Å². The molecular formula is C20H25N3O2. The van der Waals surface area contributed by atoms with Gasteiger partial charge in [-0.3, -0.25) is 9.69 Å². The lowest BCUT2D eigenvalue weighted by atomic mass is 9.93. The summed E-state index contributed by atoms with van der Waals surface area (Å²) in [6, 6.07) is 10.7. The highest BCUT2D eigenvalue weighted by molar-refractivity contribution is 5.80. The molecule has 5 nitrogen and oxygen atoms in total. The largest absolute Gasteiger partial charge is 0.469 e. The molecule has 0 spiro atoms. The molecule has 1 saturated heterocycles. The maximum Gasteiger partial charge on any atom is 0.234 e. The number of carbonyl (C=O) groups excluding carboxylic acids is 1. The Morgan fingerprint density at radius 1 is 1.28 bits per heavy atom. The predicted octanol–water partition coefficient (Wildman–Crippen LogP) is 3.22. The van der Waals surface area contributed by atoms with E-state index in [-0.39, 0.29) is 11.9 Å². The van der Waals surface area contributed by atoms with Crippen LogP contribution in [-0.4, -0.2) is 23.4 Å². The van der Waals surface area contributed by atoms with Gasteiger partial charge in [-0.15, -0.1) is 0 Å². The molecule has 25 heavy (non-hydrogen) atoms. The molecule has 4 rings (SSSR count). The molecule has 2 atom stereocenters. The number of benzene rings is 1. The molecule has 1 aromatic heterocycles. The van der Waals surface area contributed by atoms with Crippen LogP contribution in [0.1, 0.15) is 48.6 Å². The summed E-state index contributed by atoms with van der Waals surface area (Å²) in [5.41, 5.74) is 9.14. The monoisotopic (exact) mass is 339 g/mol. The van der Waals surface area contributed by atoms with Crippen molar-refractivity contribution in [3.05, 3.63) is 53.5 Å². The van der Waals surface area contributed by atoms with Crippen LogP contribution in [0.15, 0.2) is 41.0 Å². The maximum atomic E-state index is 11.6.